The van der Waals surface area contributed by atoms with E-state index in [4.69, 9.17) is 21.1 Å². The molecule has 204 valence electrons. The lowest BCUT2D eigenvalue weighted by atomic mass is 9.89. The summed E-state index contributed by atoms with van der Waals surface area (Å²) in [5.41, 5.74) is 1.03. The predicted octanol–water partition coefficient (Wildman–Crippen LogP) is 6.12. The Morgan fingerprint density at radius 1 is 1.05 bits per heavy atom. The van der Waals surface area contributed by atoms with Crippen LogP contribution in [0.15, 0.2) is 66.7 Å². The Morgan fingerprint density at radius 3 is 2.33 bits per heavy atom. The van der Waals surface area contributed by atoms with Crippen molar-refractivity contribution >= 4 is 40.8 Å². The molecule has 1 aliphatic heterocycles. The van der Waals surface area contributed by atoms with Gasteiger partial charge >= 0.3 is 5.97 Å². The third-order valence-corrected chi connectivity index (χ3v) is 7.15. The summed E-state index contributed by atoms with van der Waals surface area (Å²) in [4.78, 5) is 41.8. The molecule has 0 saturated heterocycles. The van der Waals surface area contributed by atoms with E-state index in [0.29, 0.717) is 29.1 Å². The van der Waals surface area contributed by atoms with Crippen LogP contribution in [0.4, 0.5) is 11.4 Å². The largest absolute Gasteiger partial charge is 0.497 e. The quantitative estimate of drug-likeness (QED) is 0.380. The molecule has 1 N–H and O–H groups in total. The van der Waals surface area contributed by atoms with Gasteiger partial charge < -0.3 is 24.4 Å². The van der Waals surface area contributed by atoms with Crippen LogP contribution in [0.3, 0.4) is 0 Å². The molecule has 0 bridgehead atoms. The SMILES string of the molecule is COc1ccc(C(=O)N2c3ccccc3[C@H](N(C(C)=O)c3ccc(Cl)c(OC(C)(C)C(=O)O)c3)C[C@@H]2C)cc1. The van der Waals surface area contributed by atoms with E-state index in [0.717, 1.165) is 5.56 Å². The highest BCUT2D eigenvalue weighted by Crippen LogP contribution is 2.44. The van der Waals surface area contributed by atoms with Crippen molar-refractivity contribution in [1.82, 2.24) is 0 Å². The van der Waals surface area contributed by atoms with E-state index in [1.54, 1.807) is 59.4 Å². The van der Waals surface area contributed by atoms with Crippen molar-refractivity contribution in [3.63, 3.8) is 0 Å². The van der Waals surface area contributed by atoms with Crippen LogP contribution < -0.4 is 19.3 Å². The summed E-state index contributed by atoms with van der Waals surface area (Å²) in [5, 5.41) is 9.74. The predicted molar refractivity (Wildman–Crippen MR) is 150 cm³/mol. The Hall–Kier alpha value is -4.04. The Labute approximate surface area is 232 Å². The highest BCUT2D eigenvalue weighted by molar-refractivity contribution is 6.32. The summed E-state index contributed by atoms with van der Waals surface area (Å²) >= 11 is 6.34. The van der Waals surface area contributed by atoms with Crippen LogP contribution in [0.5, 0.6) is 11.5 Å². The summed E-state index contributed by atoms with van der Waals surface area (Å²) in [6.45, 7) is 6.27. The van der Waals surface area contributed by atoms with Gasteiger partial charge in [0.05, 0.1) is 18.2 Å². The van der Waals surface area contributed by atoms with Crippen LogP contribution >= 0.6 is 11.6 Å². The number of aliphatic carboxylic acids is 1. The third kappa shape index (κ3) is 5.56. The second-order valence-electron chi connectivity index (χ2n) is 9.98. The van der Waals surface area contributed by atoms with Crippen LogP contribution in [0.2, 0.25) is 5.02 Å². The topological polar surface area (TPSA) is 96.4 Å². The molecule has 9 heteroatoms. The minimum absolute atomic E-state index is 0.150. The first kappa shape index (κ1) is 28.0. The second-order valence-corrected chi connectivity index (χ2v) is 10.4. The molecular formula is C30H31ClN2O6. The van der Waals surface area contributed by atoms with Crippen molar-refractivity contribution in [2.75, 3.05) is 16.9 Å². The van der Waals surface area contributed by atoms with Crippen molar-refractivity contribution in [2.24, 2.45) is 0 Å². The van der Waals surface area contributed by atoms with Crippen molar-refractivity contribution in [3.8, 4) is 11.5 Å². The van der Waals surface area contributed by atoms with E-state index in [1.165, 1.54) is 20.8 Å². The van der Waals surface area contributed by atoms with Crippen LogP contribution in [0.1, 0.15) is 56.1 Å². The first-order valence-corrected chi connectivity index (χ1v) is 12.9. The number of hydrogen-bond donors (Lipinski definition) is 1. The normalized spacial score (nSPS) is 16.7. The average molecular weight is 551 g/mol. The van der Waals surface area contributed by atoms with Crippen LogP contribution in [0.25, 0.3) is 0 Å². The molecule has 0 unspecified atom stereocenters. The number of carboxylic acid groups (broad SMARTS) is 1. The molecular weight excluding hydrogens is 520 g/mol. The summed E-state index contributed by atoms with van der Waals surface area (Å²) in [5.74, 6) is -0.703. The zero-order valence-corrected chi connectivity index (χ0v) is 23.2. The second kappa shape index (κ2) is 11.0. The van der Waals surface area contributed by atoms with Gasteiger partial charge in [-0.25, -0.2) is 4.79 Å². The van der Waals surface area contributed by atoms with Gasteiger partial charge in [0, 0.05) is 36.0 Å². The lowest BCUT2D eigenvalue weighted by Crippen LogP contribution is -2.47. The molecule has 2 amide bonds. The molecule has 3 aromatic rings. The maximum atomic E-state index is 13.6. The summed E-state index contributed by atoms with van der Waals surface area (Å²) in [6.07, 6.45) is 0.470. The minimum Gasteiger partial charge on any atom is -0.497 e. The maximum absolute atomic E-state index is 13.6. The number of anilines is 2. The molecule has 1 heterocycles. The molecule has 0 aromatic heterocycles. The number of rotatable bonds is 7. The molecule has 0 spiro atoms. The highest BCUT2D eigenvalue weighted by Gasteiger charge is 2.38. The average Bonchev–Trinajstić information content (AvgIpc) is 2.90. The third-order valence-electron chi connectivity index (χ3n) is 6.84. The number of ether oxygens (including phenoxy) is 2. The van der Waals surface area contributed by atoms with Gasteiger partial charge in [-0.3, -0.25) is 9.59 Å². The minimum atomic E-state index is -1.53. The van der Waals surface area contributed by atoms with Gasteiger partial charge in [-0.1, -0.05) is 29.8 Å². The molecule has 3 aromatic carbocycles. The molecule has 0 saturated carbocycles. The number of halogens is 1. The highest BCUT2D eigenvalue weighted by atomic mass is 35.5. The summed E-state index contributed by atoms with van der Waals surface area (Å²) < 4.78 is 10.9. The van der Waals surface area contributed by atoms with Gasteiger partial charge in [0.25, 0.3) is 5.91 Å². The Balaban J connectivity index is 1.74. The van der Waals surface area contributed by atoms with E-state index in [2.05, 4.69) is 0 Å². The van der Waals surface area contributed by atoms with E-state index in [9.17, 15) is 19.5 Å². The van der Waals surface area contributed by atoms with Crippen molar-refractivity contribution in [2.45, 2.75) is 51.8 Å². The molecule has 0 radical (unpaired) electrons. The number of benzene rings is 3. The van der Waals surface area contributed by atoms with E-state index in [-0.39, 0.29) is 28.6 Å². The molecule has 4 rings (SSSR count). The number of carbonyl (C=O) groups excluding carboxylic acids is 2. The number of hydrogen-bond acceptors (Lipinski definition) is 5. The number of methoxy groups -OCH3 is 1. The molecule has 2 atom stereocenters. The van der Waals surface area contributed by atoms with Gasteiger partial charge in [-0.15, -0.1) is 0 Å². The number of amides is 2. The lowest BCUT2D eigenvalue weighted by molar-refractivity contribution is -0.152. The number of para-hydroxylation sites is 1. The Bertz CT molecular complexity index is 1400. The van der Waals surface area contributed by atoms with Crippen molar-refractivity contribution in [1.29, 1.82) is 0 Å². The number of fused-ring (bicyclic) bond motifs is 1. The molecule has 0 fully saturated rings. The van der Waals surface area contributed by atoms with E-state index < -0.39 is 17.6 Å². The van der Waals surface area contributed by atoms with Gasteiger partial charge in [0.2, 0.25) is 5.91 Å². The summed E-state index contributed by atoms with van der Waals surface area (Å²) in [6, 6.07) is 18.7. The zero-order chi connectivity index (χ0) is 28.5. The fourth-order valence-corrected chi connectivity index (χ4v) is 4.98. The maximum Gasteiger partial charge on any atom is 0.347 e. The standard InChI is InChI=1S/C30H31ClN2O6/c1-18-16-26(33(19(2)34)21-12-15-24(31)27(17-21)39-30(3,4)29(36)37)23-8-6-7-9-25(23)32(18)28(35)20-10-13-22(38-5)14-11-20/h6-15,17-18,26H,16H2,1-5H3,(H,36,37)/t18-,26+/m0/s1. The fourth-order valence-electron chi connectivity index (χ4n) is 4.83. The smallest absolute Gasteiger partial charge is 0.347 e. The Kier molecular flexibility index (Phi) is 7.88. The van der Waals surface area contributed by atoms with Crippen LogP contribution in [0, 0.1) is 0 Å². The summed E-state index contributed by atoms with van der Waals surface area (Å²) in [7, 11) is 1.57. The van der Waals surface area contributed by atoms with Crippen LogP contribution in [-0.4, -0.2) is 41.6 Å². The van der Waals surface area contributed by atoms with Gasteiger partial charge in [-0.2, -0.15) is 0 Å². The number of carboxylic acids is 1. The van der Waals surface area contributed by atoms with Gasteiger partial charge in [0.15, 0.2) is 5.60 Å². The molecule has 1 aliphatic rings. The molecule has 8 nitrogen and oxygen atoms in total. The molecule has 0 aliphatic carbocycles. The van der Waals surface area contributed by atoms with Crippen molar-refractivity contribution in [3.05, 3.63) is 82.9 Å². The van der Waals surface area contributed by atoms with Gasteiger partial charge in [0.1, 0.15) is 11.5 Å². The van der Waals surface area contributed by atoms with Crippen molar-refractivity contribution < 1.29 is 29.0 Å². The van der Waals surface area contributed by atoms with Crippen LogP contribution in [-0.2, 0) is 9.59 Å². The molecule has 39 heavy (non-hydrogen) atoms. The van der Waals surface area contributed by atoms with E-state index in [1.807, 2.05) is 31.2 Å². The monoisotopic (exact) mass is 550 g/mol. The lowest BCUT2D eigenvalue weighted by Gasteiger charge is -2.43. The number of carbonyl (C=O) groups is 3. The fraction of sp³-hybridized carbons (Fsp3) is 0.300. The Morgan fingerprint density at radius 2 is 1.72 bits per heavy atom. The van der Waals surface area contributed by atoms with Gasteiger partial charge in [-0.05, 0) is 75.2 Å². The zero-order valence-electron chi connectivity index (χ0n) is 22.5. The first-order chi connectivity index (χ1) is 18.4. The van der Waals surface area contributed by atoms with E-state index >= 15 is 0 Å². The number of nitrogens with zero attached hydrogens (tertiary/aromatic N) is 2. The first-order valence-electron chi connectivity index (χ1n) is 12.5.